The summed E-state index contributed by atoms with van der Waals surface area (Å²) in [6.07, 6.45) is 3.46. The Morgan fingerprint density at radius 2 is 2.20 bits per heavy atom. The highest BCUT2D eigenvalue weighted by molar-refractivity contribution is 6.31. The fraction of sp³-hybridized carbons (Fsp3) is 0.444. The predicted octanol–water partition coefficient (Wildman–Crippen LogP) is 2.63. The molecule has 1 saturated heterocycles. The lowest BCUT2D eigenvalue weighted by Crippen LogP contribution is -2.44. The first-order chi connectivity index (χ1) is 12.1. The summed E-state index contributed by atoms with van der Waals surface area (Å²) >= 11 is 6.06. The molecule has 2 aromatic rings. The van der Waals surface area contributed by atoms with Crippen molar-refractivity contribution in [1.82, 2.24) is 20.1 Å². The lowest BCUT2D eigenvalue weighted by molar-refractivity contribution is -0.130. The van der Waals surface area contributed by atoms with Crippen LogP contribution >= 0.6 is 11.6 Å². The SMILES string of the molecule is CCN1CCCN(C(=O)NCCc2c[nH]c3ccc(Cl)cc23)CC1=O. The number of rotatable bonds is 4. The molecule has 0 spiro atoms. The number of urea groups is 1. The smallest absolute Gasteiger partial charge is 0.317 e. The molecule has 1 fully saturated rings. The van der Waals surface area contributed by atoms with Gasteiger partial charge >= 0.3 is 6.03 Å². The Bertz CT molecular complexity index is 774. The Morgan fingerprint density at radius 1 is 1.36 bits per heavy atom. The molecule has 7 heteroatoms. The van der Waals surface area contributed by atoms with E-state index in [2.05, 4.69) is 10.3 Å². The van der Waals surface area contributed by atoms with Crippen molar-refractivity contribution in [3.05, 3.63) is 35.0 Å². The van der Waals surface area contributed by atoms with Gasteiger partial charge in [-0.2, -0.15) is 0 Å². The number of hydrogen-bond acceptors (Lipinski definition) is 2. The summed E-state index contributed by atoms with van der Waals surface area (Å²) in [4.78, 5) is 31.0. The number of H-pyrrole nitrogens is 1. The minimum Gasteiger partial charge on any atom is -0.361 e. The highest BCUT2D eigenvalue weighted by atomic mass is 35.5. The van der Waals surface area contributed by atoms with Crippen LogP contribution in [-0.4, -0.2) is 59.4 Å². The molecule has 2 heterocycles. The van der Waals surface area contributed by atoms with E-state index in [1.54, 1.807) is 9.80 Å². The van der Waals surface area contributed by atoms with Crippen LogP contribution in [0.5, 0.6) is 0 Å². The van der Waals surface area contributed by atoms with Crippen molar-refractivity contribution < 1.29 is 9.59 Å². The molecule has 0 bridgehead atoms. The lowest BCUT2D eigenvalue weighted by atomic mass is 10.1. The van der Waals surface area contributed by atoms with Gasteiger partial charge in [0.1, 0.15) is 6.54 Å². The van der Waals surface area contributed by atoms with Crippen molar-refractivity contribution >= 4 is 34.4 Å². The summed E-state index contributed by atoms with van der Waals surface area (Å²) < 4.78 is 0. The fourth-order valence-corrected chi connectivity index (χ4v) is 3.37. The fourth-order valence-electron chi connectivity index (χ4n) is 3.20. The molecular weight excluding hydrogens is 340 g/mol. The van der Waals surface area contributed by atoms with E-state index in [-0.39, 0.29) is 18.5 Å². The van der Waals surface area contributed by atoms with E-state index < -0.39 is 0 Å². The van der Waals surface area contributed by atoms with E-state index in [0.717, 1.165) is 29.4 Å². The number of nitrogens with zero attached hydrogens (tertiary/aromatic N) is 2. The number of hydrogen-bond donors (Lipinski definition) is 2. The van der Waals surface area contributed by atoms with E-state index in [9.17, 15) is 9.59 Å². The topological polar surface area (TPSA) is 68.4 Å². The molecule has 0 saturated carbocycles. The second-order valence-corrected chi connectivity index (χ2v) is 6.67. The molecule has 3 rings (SSSR count). The Balaban J connectivity index is 1.55. The van der Waals surface area contributed by atoms with Gasteiger partial charge in [-0.05, 0) is 43.5 Å². The maximum Gasteiger partial charge on any atom is 0.317 e. The Morgan fingerprint density at radius 3 is 3.00 bits per heavy atom. The number of amides is 3. The standard InChI is InChI=1S/C18H23ClN4O2/c1-2-22-8-3-9-23(12-17(22)24)18(25)20-7-6-13-11-21-16-5-4-14(19)10-15(13)16/h4-5,10-11,21H,2-3,6-9,12H2,1H3,(H,20,25). The van der Waals surface area contributed by atoms with Gasteiger partial charge in [-0.15, -0.1) is 0 Å². The lowest BCUT2D eigenvalue weighted by Gasteiger charge is -2.21. The van der Waals surface area contributed by atoms with E-state index >= 15 is 0 Å². The molecule has 0 aliphatic carbocycles. The molecule has 25 heavy (non-hydrogen) atoms. The van der Waals surface area contributed by atoms with Crippen LogP contribution in [0.25, 0.3) is 10.9 Å². The molecule has 0 atom stereocenters. The maximum absolute atomic E-state index is 12.4. The van der Waals surface area contributed by atoms with Crippen molar-refractivity contribution in [3.63, 3.8) is 0 Å². The van der Waals surface area contributed by atoms with E-state index in [0.29, 0.717) is 31.1 Å². The largest absolute Gasteiger partial charge is 0.361 e. The predicted molar refractivity (Wildman–Crippen MR) is 98.9 cm³/mol. The van der Waals surface area contributed by atoms with Gasteiger partial charge < -0.3 is 20.1 Å². The van der Waals surface area contributed by atoms with Gasteiger partial charge in [-0.1, -0.05) is 11.6 Å². The van der Waals surface area contributed by atoms with E-state index in [4.69, 9.17) is 11.6 Å². The van der Waals surface area contributed by atoms with Crippen LogP contribution in [0.3, 0.4) is 0 Å². The average Bonchev–Trinajstić information content (AvgIpc) is 2.88. The average molecular weight is 363 g/mol. The summed E-state index contributed by atoms with van der Waals surface area (Å²) in [5.41, 5.74) is 2.14. The Kier molecular flexibility index (Phi) is 5.48. The van der Waals surface area contributed by atoms with Gasteiger partial charge in [0.05, 0.1) is 0 Å². The van der Waals surface area contributed by atoms with Crippen molar-refractivity contribution in [2.24, 2.45) is 0 Å². The first-order valence-electron chi connectivity index (χ1n) is 8.64. The number of benzene rings is 1. The van der Waals surface area contributed by atoms with Gasteiger partial charge in [0.25, 0.3) is 0 Å². The summed E-state index contributed by atoms with van der Waals surface area (Å²) in [5.74, 6) is 0.0152. The molecule has 1 aromatic carbocycles. The highest BCUT2D eigenvalue weighted by Gasteiger charge is 2.23. The monoisotopic (exact) mass is 362 g/mol. The second-order valence-electron chi connectivity index (χ2n) is 6.23. The molecular formula is C18H23ClN4O2. The Labute approximate surface area is 152 Å². The van der Waals surface area contributed by atoms with Gasteiger partial charge in [0, 0.05) is 48.3 Å². The first-order valence-corrected chi connectivity index (χ1v) is 9.02. The summed E-state index contributed by atoms with van der Waals surface area (Å²) in [6.45, 7) is 4.65. The van der Waals surface area contributed by atoms with Crippen LogP contribution in [-0.2, 0) is 11.2 Å². The zero-order valence-corrected chi connectivity index (χ0v) is 15.1. The molecule has 134 valence electrons. The summed E-state index contributed by atoms with van der Waals surface area (Å²) in [7, 11) is 0. The van der Waals surface area contributed by atoms with Crippen molar-refractivity contribution in [3.8, 4) is 0 Å². The minimum absolute atomic E-state index is 0.0152. The molecule has 1 aliphatic heterocycles. The van der Waals surface area contributed by atoms with Gasteiger partial charge in [-0.3, -0.25) is 4.79 Å². The number of carbonyl (C=O) groups is 2. The molecule has 6 nitrogen and oxygen atoms in total. The maximum atomic E-state index is 12.4. The normalized spacial score (nSPS) is 15.5. The molecule has 1 aromatic heterocycles. The van der Waals surface area contributed by atoms with Crippen LogP contribution in [0.1, 0.15) is 18.9 Å². The Hall–Kier alpha value is -2.21. The number of halogens is 1. The van der Waals surface area contributed by atoms with Gasteiger partial charge in [0.15, 0.2) is 0 Å². The van der Waals surface area contributed by atoms with Crippen molar-refractivity contribution in [2.75, 3.05) is 32.7 Å². The first kappa shape index (κ1) is 17.6. The number of fused-ring (bicyclic) bond motifs is 1. The molecule has 0 unspecified atom stereocenters. The number of nitrogens with one attached hydrogen (secondary N) is 2. The summed E-state index contributed by atoms with van der Waals surface area (Å²) in [6, 6.07) is 5.55. The van der Waals surface area contributed by atoms with Crippen LogP contribution in [0, 0.1) is 0 Å². The third-order valence-corrected chi connectivity index (χ3v) is 4.84. The number of aromatic nitrogens is 1. The zero-order valence-electron chi connectivity index (χ0n) is 14.3. The van der Waals surface area contributed by atoms with Gasteiger partial charge in [-0.25, -0.2) is 4.79 Å². The third kappa shape index (κ3) is 4.07. The number of aromatic amines is 1. The molecule has 3 amide bonds. The quantitative estimate of drug-likeness (QED) is 0.877. The minimum atomic E-state index is -0.177. The van der Waals surface area contributed by atoms with Crippen LogP contribution in [0.15, 0.2) is 24.4 Å². The highest BCUT2D eigenvalue weighted by Crippen LogP contribution is 2.22. The van der Waals surface area contributed by atoms with Crippen molar-refractivity contribution in [1.29, 1.82) is 0 Å². The van der Waals surface area contributed by atoms with E-state index in [1.807, 2.05) is 31.3 Å². The number of likely N-dealkylation sites (N-methyl/N-ethyl adjacent to an activating group) is 1. The van der Waals surface area contributed by atoms with Crippen LogP contribution in [0.4, 0.5) is 4.79 Å². The second kappa shape index (κ2) is 7.78. The number of carbonyl (C=O) groups excluding carboxylic acids is 2. The summed E-state index contributed by atoms with van der Waals surface area (Å²) in [5, 5.41) is 4.69. The van der Waals surface area contributed by atoms with E-state index in [1.165, 1.54) is 0 Å². The van der Waals surface area contributed by atoms with Crippen LogP contribution < -0.4 is 5.32 Å². The molecule has 2 N–H and O–H groups in total. The molecule has 0 radical (unpaired) electrons. The van der Waals surface area contributed by atoms with Crippen molar-refractivity contribution in [2.45, 2.75) is 19.8 Å². The zero-order chi connectivity index (χ0) is 17.8. The third-order valence-electron chi connectivity index (χ3n) is 4.60. The van der Waals surface area contributed by atoms with Gasteiger partial charge in [0.2, 0.25) is 5.91 Å². The van der Waals surface area contributed by atoms with Crippen LogP contribution in [0.2, 0.25) is 5.02 Å². The molecule has 1 aliphatic rings.